The molecule has 0 aliphatic rings. The normalized spacial score (nSPS) is 11.9. The molecule has 6 aromatic rings. The van der Waals surface area contributed by atoms with Gasteiger partial charge in [-0.3, -0.25) is 4.57 Å². The van der Waals surface area contributed by atoms with Crippen LogP contribution in [0.4, 0.5) is 0 Å². The van der Waals surface area contributed by atoms with Crippen LogP contribution in [0.25, 0.3) is 0 Å². The van der Waals surface area contributed by atoms with E-state index in [4.69, 9.17) is 8.43 Å². The summed E-state index contributed by atoms with van der Waals surface area (Å²) in [6, 6.07) is 67.6. The van der Waals surface area contributed by atoms with E-state index in [0.717, 1.165) is 36.3 Å². The molecule has 48 heavy (non-hydrogen) atoms. The third kappa shape index (κ3) is 9.96. The maximum Gasteiger partial charge on any atom is 0.299 e. The van der Waals surface area contributed by atoms with Crippen LogP contribution in [-0.2, 0) is 49.3 Å². The first-order chi connectivity index (χ1) is 23.6. The second-order valence-electron chi connectivity index (χ2n) is 12.8. The Morgan fingerprint density at radius 2 is 0.479 bits per heavy atom. The van der Waals surface area contributed by atoms with Gasteiger partial charge in [-0.05, 0) is 69.6 Å². The molecule has 0 spiro atoms. The Morgan fingerprint density at radius 1 is 0.312 bits per heavy atom. The fourth-order valence-corrected chi connectivity index (χ4v) is 18.5. The minimum absolute atomic E-state index is 0.738. The van der Waals surface area contributed by atoms with E-state index in [9.17, 15) is 4.57 Å². The Bertz CT molecular complexity index is 1490. The van der Waals surface area contributed by atoms with Crippen LogP contribution in [0, 0.1) is 0 Å². The molecule has 6 aromatic carbocycles. The van der Waals surface area contributed by atoms with E-state index in [2.05, 4.69) is 146 Å². The van der Waals surface area contributed by atoms with E-state index in [0.29, 0.717) is 0 Å². The molecule has 0 N–H and O–H groups in total. The maximum absolute atomic E-state index is 14.8. The highest BCUT2D eigenvalue weighted by molar-refractivity contribution is 7.38. The van der Waals surface area contributed by atoms with Crippen molar-refractivity contribution in [3.8, 4) is 0 Å². The van der Waals surface area contributed by atoms with Gasteiger partial charge < -0.3 is 8.43 Å². The van der Waals surface area contributed by atoms with Crippen molar-refractivity contribution >= 4 is 24.9 Å². The topological polar surface area (TPSA) is 35.5 Å². The van der Waals surface area contributed by atoms with Crippen LogP contribution in [0.3, 0.4) is 0 Å². The average Bonchev–Trinajstić information content (AvgIpc) is 3.11. The van der Waals surface area contributed by atoms with Gasteiger partial charge in [0.25, 0.3) is 8.25 Å². The molecule has 0 aromatic heterocycles. The first kappa shape index (κ1) is 33.8. The fourth-order valence-electron chi connectivity index (χ4n) is 6.77. The molecule has 0 bridgehead atoms. The summed E-state index contributed by atoms with van der Waals surface area (Å²) in [5.74, 6) is 0. The molecule has 242 valence electrons. The van der Waals surface area contributed by atoms with Gasteiger partial charge in [0, 0.05) is 0 Å². The van der Waals surface area contributed by atoms with Crippen LogP contribution in [0.5, 0.6) is 0 Å². The van der Waals surface area contributed by atoms with Crippen LogP contribution < -0.4 is 0 Å². The van der Waals surface area contributed by atoms with Gasteiger partial charge in [0.2, 0.25) is 16.6 Å². The smallest absolute Gasteiger partial charge is 0.299 e. The van der Waals surface area contributed by atoms with Crippen LogP contribution in [0.2, 0.25) is 0 Å². The monoisotopic (exact) mass is 682 g/mol. The van der Waals surface area contributed by atoms with E-state index >= 15 is 0 Å². The summed E-state index contributed by atoms with van der Waals surface area (Å²) in [5, 5.41) is 0. The Kier molecular flexibility index (Phi) is 11.8. The Morgan fingerprint density at radius 3 is 0.646 bits per heavy atom. The number of benzene rings is 6. The molecule has 6 heteroatoms. The van der Waals surface area contributed by atoms with E-state index in [-0.39, 0.29) is 0 Å². The van der Waals surface area contributed by atoms with Crippen molar-refractivity contribution in [2.75, 3.05) is 0 Å². The van der Waals surface area contributed by atoms with E-state index in [1.165, 1.54) is 33.4 Å². The minimum Gasteiger partial charge on any atom is -0.352 e. The van der Waals surface area contributed by atoms with Gasteiger partial charge in [-0.25, -0.2) is 0 Å². The largest absolute Gasteiger partial charge is 0.352 e. The highest BCUT2D eigenvalue weighted by Gasteiger charge is 2.43. The lowest BCUT2D eigenvalue weighted by Crippen LogP contribution is -2.48. The van der Waals surface area contributed by atoms with Crippen LogP contribution in [-0.4, -0.2) is 16.6 Å². The summed E-state index contributed by atoms with van der Waals surface area (Å²) >= 11 is 0. The van der Waals surface area contributed by atoms with Gasteiger partial charge in [-0.2, -0.15) is 0 Å². The predicted octanol–water partition coefficient (Wildman–Crippen LogP) is 9.99. The van der Waals surface area contributed by atoms with Crippen LogP contribution in [0.1, 0.15) is 33.4 Å². The molecule has 0 radical (unpaired) electrons. The SMILES string of the molecule is O=[PH](O[Si](Cc1ccccc1)(Cc1ccccc1)Cc1ccccc1)O[Si](Cc1ccccc1)(Cc1ccccc1)Cc1ccccc1. The summed E-state index contributed by atoms with van der Waals surface area (Å²) in [6.07, 6.45) is 0. The number of hydrogen-bond donors (Lipinski definition) is 0. The molecule has 0 saturated heterocycles. The predicted molar refractivity (Wildman–Crippen MR) is 204 cm³/mol. The zero-order valence-corrected chi connectivity index (χ0v) is 30.3. The molecule has 0 aliphatic carbocycles. The van der Waals surface area contributed by atoms with Crippen molar-refractivity contribution < 1.29 is 13.0 Å². The number of hydrogen-bond acceptors (Lipinski definition) is 3. The fraction of sp³-hybridized carbons (Fsp3) is 0.143. The molecule has 0 amide bonds. The van der Waals surface area contributed by atoms with Crippen molar-refractivity contribution in [2.45, 2.75) is 36.3 Å². The van der Waals surface area contributed by atoms with Crippen LogP contribution in [0.15, 0.2) is 182 Å². The lowest BCUT2D eigenvalue weighted by Gasteiger charge is -2.36. The summed E-state index contributed by atoms with van der Waals surface area (Å²) in [5.41, 5.74) is 7.21. The van der Waals surface area contributed by atoms with Gasteiger partial charge in [0.05, 0.1) is 0 Å². The average molecular weight is 683 g/mol. The third-order valence-corrected chi connectivity index (χ3v) is 19.9. The zero-order valence-electron chi connectivity index (χ0n) is 27.3. The molecule has 6 rings (SSSR count). The molecule has 0 unspecified atom stereocenters. The van der Waals surface area contributed by atoms with Crippen molar-refractivity contribution in [1.29, 1.82) is 0 Å². The van der Waals surface area contributed by atoms with Gasteiger partial charge in [0.15, 0.2) is 0 Å². The first-order valence-electron chi connectivity index (χ1n) is 16.7. The maximum atomic E-state index is 14.8. The Hall–Kier alpha value is -4.10. The summed E-state index contributed by atoms with van der Waals surface area (Å²) in [7, 11) is -8.60. The van der Waals surface area contributed by atoms with Crippen LogP contribution >= 0.6 is 8.25 Å². The van der Waals surface area contributed by atoms with E-state index in [1.807, 2.05) is 36.4 Å². The molecule has 0 saturated carbocycles. The molecule has 0 heterocycles. The highest BCUT2D eigenvalue weighted by Crippen LogP contribution is 2.40. The van der Waals surface area contributed by atoms with Crippen molar-refractivity contribution in [3.05, 3.63) is 215 Å². The van der Waals surface area contributed by atoms with Gasteiger partial charge in [-0.1, -0.05) is 182 Å². The van der Waals surface area contributed by atoms with Crippen molar-refractivity contribution in [2.24, 2.45) is 0 Å². The Balaban J connectivity index is 1.41. The lowest BCUT2D eigenvalue weighted by atomic mass is 10.2. The summed E-state index contributed by atoms with van der Waals surface area (Å²) in [6.45, 7) is 0. The lowest BCUT2D eigenvalue weighted by molar-refractivity contribution is 0.396. The standard InChI is InChI=1S/C42H43O3PSi2/c43-46(44-47(31-37-19-7-1-8-20-37,32-38-21-9-2-10-22-38)33-39-23-11-3-12-24-39)45-48(34-40-25-13-4-14-26-40,35-41-27-15-5-16-28-41)36-42-29-17-6-18-30-42/h1-30,46H,31-36H2. The second kappa shape index (κ2) is 16.8. The molecule has 0 atom stereocenters. The number of rotatable bonds is 16. The van der Waals surface area contributed by atoms with Crippen molar-refractivity contribution in [1.82, 2.24) is 0 Å². The molecular weight excluding hydrogens is 640 g/mol. The molecular formula is C42H43O3PSi2. The molecule has 0 fully saturated rings. The zero-order chi connectivity index (χ0) is 32.9. The third-order valence-electron chi connectivity index (χ3n) is 8.81. The highest BCUT2D eigenvalue weighted by atomic mass is 31.1. The summed E-state index contributed by atoms with van der Waals surface area (Å²) in [4.78, 5) is 0. The Labute approximate surface area is 288 Å². The first-order valence-corrected chi connectivity index (χ1v) is 23.0. The minimum atomic E-state index is -2.94. The molecule has 0 aliphatic heterocycles. The van der Waals surface area contributed by atoms with Gasteiger partial charge in [0.1, 0.15) is 0 Å². The van der Waals surface area contributed by atoms with E-state index in [1.54, 1.807) is 0 Å². The van der Waals surface area contributed by atoms with Gasteiger partial charge in [-0.15, -0.1) is 0 Å². The quantitative estimate of drug-likeness (QED) is 0.0753. The second-order valence-corrected chi connectivity index (χ2v) is 21.8. The van der Waals surface area contributed by atoms with E-state index < -0.39 is 24.9 Å². The summed E-state index contributed by atoms with van der Waals surface area (Å²) < 4.78 is 29.1. The molecule has 3 nitrogen and oxygen atoms in total. The van der Waals surface area contributed by atoms with Crippen molar-refractivity contribution in [3.63, 3.8) is 0 Å². The van der Waals surface area contributed by atoms with Gasteiger partial charge >= 0.3 is 0 Å².